The molecule has 3 aromatic carbocycles. The van der Waals surface area contributed by atoms with Gasteiger partial charge in [-0.2, -0.15) is 4.73 Å². The highest BCUT2D eigenvalue weighted by molar-refractivity contribution is 5.78. The Balaban J connectivity index is 1.73. The maximum atomic E-state index is 11.2. The Morgan fingerprint density at radius 1 is 0.500 bits per heavy atom. The molecule has 1 heterocycles. The van der Waals surface area contributed by atoms with Crippen molar-refractivity contribution in [3.63, 3.8) is 0 Å². The zero-order valence-corrected chi connectivity index (χ0v) is 14.2. The molecule has 0 unspecified atom stereocenters. The van der Waals surface area contributed by atoms with Crippen LogP contribution in [0, 0.1) is 5.21 Å². The summed E-state index contributed by atoms with van der Waals surface area (Å²) in [6.07, 6.45) is 3.03. The van der Waals surface area contributed by atoms with E-state index in [9.17, 15) is 5.21 Å². The minimum Gasteiger partial charge on any atom is -0.619 e. The van der Waals surface area contributed by atoms with Crippen molar-refractivity contribution in [1.82, 2.24) is 0 Å². The fraction of sp³-hybridized carbons (Fsp3) is 0. The summed E-state index contributed by atoms with van der Waals surface area (Å²) in [6, 6.07) is 32.7. The molecule has 0 aliphatic heterocycles. The van der Waals surface area contributed by atoms with Crippen molar-refractivity contribution in [3.05, 3.63) is 115 Å². The van der Waals surface area contributed by atoms with E-state index in [0.29, 0.717) is 0 Å². The van der Waals surface area contributed by atoms with E-state index in [1.807, 2.05) is 48.5 Å². The first-order valence-corrected chi connectivity index (χ1v) is 8.51. The average molecular weight is 338 g/mol. The number of nitrogens with zero attached hydrogens (tertiary/aromatic N) is 2. The van der Waals surface area contributed by atoms with Crippen LogP contribution in [0.15, 0.2) is 109 Å². The average Bonchev–Trinajstić information content (AvgIpc) is 2.71. The number of anilines is 3. The van der Waals surface area contributed by atoms with Crippen LogP contribution in [-0.2, 0) is 0 Å². The van der Waals surface area contributed by atoms with E-state index in [0.717, 1.165) is 32.9 Å². The topological polar surface area (TPSA) is 30.2 Å². The molecule has 26 heavy (non-hydrogen) atoms. The standard InChI is InChI=1S/C23H18N2O/c26-24-17-15-20(16-18-24)19-11-13-23(14-12-19)25(21-7-3-1-4-8-21)22-9-5-2-6-10-22/h1-18H. The van der Waals surface area contributed by atoms with Crippen molar-refractivity contribution in [2.24, 2.45) is 0 Å². The highest BCUT2D eigenvalue weighted by Crippen LogP contribution is 2.34. The predicted octanol–water partition coefficient (Wildman–Crippen LogP) is 5.46. The van der Waals surface area contributed by atoms with Crippen LogP contribution in [-0.4, -0.2) is 0 Å². The number of para-hydroxylation sites is 2. The van der Waals surface area contributed by atoms with Crippen molar-refractivity contribution in [3.8, 4) is 11.1 Å². The van der Waals surface area contributed by atoms with Gasteiger partial charge in [0.25, 0.3) is 0 Å². The van der Waals surface area contributed by atoms with Crippen LogP contribution < -0.4 is 9.63 Å². The maximum Gasteiger partial charge on any atom is 0.180 e. The Hall–Kier alpha value is -3.59. The Labute approximate surface area is 153 Å². The summed E-state index contributed by atoms with van der Waals surface area (Å²) in [4.78, 5) is 2.22. The van der Waals surface area contributed by atoms with E-state index in [1.54, 1.807) is 0 Å². The molecule has 3 nitrogen and oxygen atoms in total. The third kappa shape index (κ3) is 3.28. The first-order valence-electron chi connectivity index (χ1n) is 8.51. The first kappa shape index (κ1) is 15.9. The summed E-state index contributed by atoms with van der Waals surface area (Å²) < 4.78 is 0.796. The lowest BCUT2D eigenvalue weighted by molar-refractivity contribution is -0.605. The van der Waals surface area contributed by atoms with Crippen LogP contribution in [0.5, 0.6) is 0 Å². The molecule has 0 spiro atoms. The van der Waals surface area contributed by atoms with Crippen molar-refractivity contribution in [2.45, 2.75) is 0 Å². The molecule has 0 aliphatic carbocycles. The Morgan fingerprint density at radius 2 is 0.923 bits per heavy atom. The summed E-state index contributed by atoms with van der Waals surface area (Å²) in [5.41, 5.74) is 5.41. The molecule has 0 saturated carbocycles. The van der Waals surface area contributed by atoms with Crippen LogP contribution in [0.4, 0.5) is 17.1 Å². The van der Waals surface area contributed by atoms with Crippen LogP contribution >= 0.6 is 0 Å². The lowest BCUT2D eigenvalue weighted by atomic mass is 10.1. The van der Waals surface area contributed by atoms with Gasteiger partial charge in [-0.3, -0.25) is 0 Å². The molecule has 0 fully saturated rings. The van der Waals surface area contributed by atoms with Gasteiger partial charge in [0.05, 0.1) is 0 Å². The zero-order valence-electron chi connectivity index (χ0n) is 14.2. The molecule has 0 amide bonds. The Bertz CT molecular complexity index is 927. The van der Waals surface area contributed by atoms with Gasteiger partial charge in [0, 0.05) is 29.2 Å². The minimum absolute atomic E-state index is 0.796. The fourth-order valence-electron chi connectivity index (χ4n) is 3.01. The molecule has 4 aromatic rings. The van der Waals surface area contributed by atoms with Gasteiger partial charge >= 0.3 is 0 Å². The molecule has 1 aromatic heterocycles. The molecular weight excluding hydrogens is 320 g/mol. The Morgan fingerprint density at radius 3 is 1.42 bits per heavy atom. The smallest absolute Gasteiger partial charge is 0.180 e. The molecule has 4 rings (SSSR count). The van der Waals surface area contributed by atoms with Crippen LogP contribution in [0.1, 0.15) is 0 Å². The summed E-state index contributed by atoms with van der Waals surface area (Å²) in [6.45, 7) is 0. The summed E-state index contributed by atoms with van der Waals surface area (Å²) in [5, 5.41) is 11.2. The largest absolute Gasteiger partial charge is 0.619 e. The number of benzene rings is 3. The Kier molecular flexibility index (Phi) is 4.35. The molecular formula is C23H18N2O. The van der Waals surface area contributed by atoms with Gasteiger partial charge in [-0.1, -0.05) is 48.5 Å². The highest BCUT2D eigenvalue weighted by Gasteiger charge is 2.11. The predicted molar refractivity (Wildman–Crippen MR) is 106 cm³/mol. The van der Waals surface area contributed by atoms with E-state index in [1.165, 1.54) is 12.4 Å². The molecule has 0 aliphatic rings. The third-order valence-corrected chi connectivity index (χ3v) is 4.29. The number of pyridine rings is 1. The van der Waals surface area contributed by atoms with E-state index in [4.69, 9.17) is 0 Å². The lowest BCUT2D eigenvalue weighted by Crippen LogP contribution is -2.23. The van der Waals surface area contributed by atoms with E-state index >= 15 is 0 Å². The van der Waals surface area contributed by atoms with Gasteiger partial charge in [0.2, 0.25) is 0 Å². The molecule has 0 N–H and O–H groups in total. The van der Waals surface area contributed by atoms with Crippen molar-refractivity contribution in [2.75, 3.05) is 4.90 Å². The lowest BCUT2D eigenvalue weighted by Gasteiger charge is -2.25. The van der Waals surface area contributed by atoms with Gasteiger partial charge in [-0.15, -0.1) is 0 Å². The van der Waals surface area contributed by atoms with Crippen molar-refractivity contribution < 1.29 is 4.73 Å². The second-order valence-electron chi connectivity index (χ2n) is 6.00. The molecule has 0 radical (unpaired) electrons. The van der Waals surface area contributed by atoms with Gasteiger partial charge in [-0.25, -0.2) is 0 Å². The van der Waals surface area contributed by atoms with Gasteiger partial charge in [-0.05, 0) is 47.5 Å². The highest BCUT2D eigenvalue weighted by atomic mass is 16.5. The number of hydrogen-bond acceptors (Lipinski definition) is 2. The minimum atomic E-state index is 0.796. The van der Waals surface area contributed by atoms with Crippen LogP contribution in [0.3, 0.4) is 0 Å². The van der Waals surface area contributed by atoms with Gasteiger partial charge in [0.1, 0.15) is 0 Å². The fourth-order valence-corrected chi connectivity index (χ4v) is 3.01. The molecule has 0 saturated heterocycles. The second kappa shape index (κ2) is 7.11. The number of hydrogen-bond donors (Lipinski definition) is 0. The van der Waals surface area contributed by atoms with Crippen LogP contribution in [0.2, 0.25) is 0 Å². The molecule has 0 atom stereocenters. The van der Waals surface area contributed by atoms with Gasteiger partial charge in [0.15, 0.2) is 12.4 Å². The molecule has 126 valence electrons. The van der Waals surface area contributed by atoms with E-state index < -0.39 is 0 Å². The zero-order chi connectivity index (χ0) is 17.8. The van der Waals surface area contributed by atoms with Crippen molar-refractivity contribution in [1.29, 1.82) is 0 Å². The van der Waals surface area contributed by atoms with Gasteiger partial charge < -0.3 is 10.1 Å². The SMILES string of the molecule is [O-][n+]1ccc(-c2ccc(N(c3ccccc3)c3ccccc3)cc2)cc1. The quantitative estimate of drug-likeness (QED) is 0.365. The molecule has 3 heteroatoms. The van der Waals surface area contributed by atoms with Crippen LogP contribution in [0.25, 0.3) is 11.1 Å². The number of aromatic nitrogens is 1. The summed E-state index contributed by atoms with van der Waals surface area (Å²) >= 11 is 0. The van der Waals surface area contributed by atoms with E-state index in [2.05, 4.69) is 53.4 Å². The second-order valence-corrected chi connectivity index (χ2v) is 6.00. The van der Waals surface area contributed by atoms with E-state index in [-0.39, 0.29) is 0 Å². The molecule has 0 bridgehead atoms. The third-order valence-electron chi connectivity index (χ3n) is 4.29. The monoisotopic (exact) mass is 338 g/mol. The normalized spacial score (nSPS) is 10.5. The first-order chi connectivity index (χ1) is 12.8. The number of rotatable bonds is 4. The summed E-state index contributed by atoms with van der Waals surface area (Å²) in [5.74, 6) is 0. The maximum absolute atomic E-state index is 11.2. The summed E-state index contributed by atoms with van der Waals surface area (Å²) in [7, 11) is 0. The van der Waals surface area contributed by atoms with Crippen molar-refractivity contribution >= 4 is 17.1 Å².